The van der Waals surface area contributed by atoms with Crippen molar-refractivity contribution in [3.63, 3.8) is 0 Å². The summed E-state index contributed by atoms with van der Waals surface area (Å²) in [6, 6.07) is 20.7. The third kappa shape index (κ3) is 2.45. The van der Waals surface area contributed by atoms with Crippen molar-refractivity contribution in [3.8, 4) is 11.1 Å². The van der Waals surface area contributed by atoms with E-state index in [1.807, 2.05) is 0 Å². The highest BCUT2D eigenvalue weighted by Crippen LogP contribution is 2.53. The highest BCUT2D eigenvalue weighted by atomic mass is 127. The van der Waals surface area contributed by atoms with E-state index >= 15 is 0 Å². The van der Waals surface area contributed by atoms with Gasteiger partial charge in [-0.05, 0) is 118 Å². The second-order valence-corrected chi connectivity index (χ2v) is 9.37. The summed E-state index contributed by atoms with van der Waals surface area (Å²) in [4.78, 5) is 0. The summed E-state index contributed by atoms with van der Waals surface area (Å²) in [6.07, 6.45) is 0. The quantitative estimate of drug-likeness (QED) is 0.299. The van der Waals surface area contributed by atoms with E-state index in [4.69, 9.17) is 0 Å². The fourth-order valence-electron chi connectivity index (χ4n) is 4.05. The maximum absolute atomic E-state index is 2.43. The van der Waals surface area contributed by atoms with Gasteiger partial charge in [0.2, 0.25) is 0 Å². The Morgan fingerprint density at radius 2 is 1.12 bits per heavy atom. The van der Waals surface area contributed by atoms with Crippen LogP contribution in [-0.4, -0.2) is 0 Å². The smallest absolute Gasteiger partial charge is 0.0436 e. The van der Waals surface area contributed by atoms with E-state index in [-0.39, 0.29) is 5.41 Å². The minimum Gasteiger partial charge on any atom is -0.0564 e. The van der Waals surface area contributed by atoms with Gasteiger partial charge in [0.15, 0.2) is 0 Å². The monoisotopic (exact) mass is 536 g/mol. The van der Waals surface area contributed by atoms with Crippen LogP contribution in [0.5, 0.6) is 0 Å². The Bertz CT molecular complexity index is 898. The number of benzene rings is 3. The fraction of sp³-hybridized carbons (Fsp3) is 0.182. The zero-order chi connectivity index (χ0) is 17.1. The normalized spacial score (nSPS) is 14.4. The molecule has 0 radical (unpaired) electrons. The van der Waals surface area contributed by atoms with Crippen LogP contribution in [0.15, 0.2) is 54.6 Å². The van der Waals surface area contributed by atoms with Gasteiger partial charge in [-0.3, -0.25) is 0 Å². The molecule has 3 aromatic rings. The Kier molecular flexibility index (Phi) is 4.03. The van der Waals surface area contributed by atoms with Gasteiger partial charge in [0, 0.05) is 12.6 Å². The van der Waals surface area contributed by atoms with Gasteiger partial charge in [-0.1, -0.05) is 41.5 Å². The first-order chi connectivity index (χ1) is 11.4. The van der Waals surface area contributed by atoms with Crippen molar-refractivity contribution in [2.75, 3.05) is 0 Å². The van der Waals surface area contributed by atoms with Crippen LogP contribution in [0.2, 0.25) is 0 Å². The first kappa shape index (κ1) is 16.6. The Balaban J connectivity index is 2.11. The van der Waals surface area contributed by atoms with Crippen molar-refractivity contribution in [2.45, 2.75) is 26.2 Å². The molecule has 0 saturated carbocycles. The molecular weight excluding hydrogens is 518 g/mol. The average molecular weight is 536 g/mol. The molecule has 3 aromatic carbocycles. The number of hydrogen-bond donors (Lipinski definition) is 0. The molecule has 1 aliphatic carbocycles. The highest BCUT2D eigenvalue weighted by Gasteiger charge is 2.41. The minimum absolute atomic E-state index is 0.0934. The number of halogens is 2. The van der Waals surface area contributed by atoms with Gasteiger partial charge < -0.3 is 0 Å². The van der Waals surface area contributed by atoms with E-state index in [2.05, 4.69) is 121 Å². The van der Waals surface area contributed by atoms with Crippen LogP contribution in [-0.2, 0) is 5.41 Å². The predicted molar refractivity (Wildman–Crippen MR) is 119 cm³/mol. The molecule has 0 heterocycles. The Labute approximate surface area is 171 Å². The number of hydrogen-bond acceptors (Lipinski definition) is 0. The lowest BCUT2D eigenvalue weighted by Crippen LogP contribution is -2.23. The van der Waals surface area contributed by atoms with Crippen molar-refractivity contribution in [1.29, 1.82) is 0 Å². The molecule has 0 aliphatic heterocycles. The summed E-state index contributed by atoms with van der Waals surface area (Å²) in [5, 5.41) is 0. The zero-order valence-corrected chi connectivity index (χ0v) is 18.3. The molecule has 0 nitrogen and oxygen atoms in total. The van der Waals surface area contributed by atoms with E-state index in [9.17, 15) is 0 Å². The first-order valence-corrected chi connectivity index (χ1v) is 10.2. The van der Waals surface area contributed by atoms with Crippen LogP contribution in [0.4, 0.5) is 0 Å². The van der Waals surface area contributed by atoms with Crippen molar-refractivity contribution >= 4 is 45.2 Å². The lowest BCUT2D eigenvalue weighted by atomic mass is 9.73. The van der Waals surface area contributed by atoms with Gasteiger partial charge in [-0.2, -0.15) is 0 Å². The summed E-state index contributed by atoms with van der Waals surface area (Å²) in [6.45, 7) is 6.78. The minimum atomic E-state index is -0.0934. The van der Waals surface area contributed by atoms with Crippen LogP contribution in [0.25, 0.3) is 11.1 Å². The molecule has 0 bridgehead atoms. The molecule has 0 unspecified atom stereocenters. The van der Waals surface area contributed by atoms with Crippen molar-refractivity contribution in [3.05, 3.63) is 89.6 Å². The Hall–Kier alpha value is -0.880. The predicted octanol–water partition coefficient (Wildman–Crippen LogP) is 6.85. The van der Waals surface area contributed by atoms with Crippen molar-refractivity contribution in [2.24, 2.45) is 0 Å². The third-order valence-electron chi connectivity index (χ3n) is 5.13. The molecule has 0 atom stereocenters. The molecule has 0 aromatic heterocycles. The summed E-state index contributed by atoms with van der Waals surface area (Å²) in [5.74, 6) is 0. The van der Waals surface area contributed by atoms with Crippen LogP contribution in [0.3, 0.4) is 0 Å². The van der Waals surface area contributed by atoms with Crippen LogP contribution in [0.1, 0.15) is 34.7 Å². The lowest BCUT2D eigenvalue weighted by Gasteiger charge is -2.29. The van der Waals surface area contributed by atoms with Gasteiger partial charge in [0.25, 0.3) is 0 Å². The molecule has 0 spiro atoms. The van der Waals surface area contributed by atoms with Crippen LogP contribution < -0.4 is 0 Å². The van der Waals surface area contributed by atoms with Gasteiger partial charge in [-0.15, -0.1) is 0 Å². The fourth-order valence-corrected chi connectivity index (χ4v) is 5.03. The second kappa shape index (κ2) is 5.84. The molecule has 0 amide bonds. The summed E-state index contributed by atoms with van der Waals surface area (Å²) < 4.78 is 2.59. The van der Waals surface area contributed by atoms with E-state index in [1.165, 1.54) is 46.1 Å². The SMILES string of the molecule is Cc1cc(C)cc(C2(C)c3cc(I)ccc3-c3ccc(I)cc32)c1. The van der Waals surface area contributed by atoms with E-state index in [0.717, 1.165) is 0 Å². The average Bonchev–Trinajstić information content (AvgIpc) is 2.76. The molecule has 2 heteroatoms. The highest BCUT2D eigenvalue weighted by molar-refractivity contribution is 14.1. The zero-order valence-electron chi connectivity index (χ0n) is 14.0. The van der Waals surface area contributed by atoms with E-state index in [0.29, 0.717) is 0 Å². The largest absolute Gasteiger partial charge is 0.0564 e. The first-order valence-electron chi connectivity index (χ1n) is 8.09. The van der Waals surface area contributed by atoms with Gasteiger partial charge in [0.05, 0.1) is 0 Å². The Morgan fingerprint density at radius 1 is 0.667 bits per heavy atom. The maximum Gasteiger partial charge on any atom is 0.0436 e. The van der Waals surface area contributed by atoms with Crippen LogP contribution in [0, 0.1) is 21.0 Å². The lowest BCUT2D eigenvalue weighted by molar-refractivity contribution is 0.711. The van der Waals surface area contributed by atoms with Crippen molar-refractivity contribution < 1.29 is 0 Å². The molecule has 120 valence electrons. The van der Waals surface area contributed by atoms with Crippen LogP contribution >= 0.6 is 45.2 Å². The Morgan fingerprint density at radius 3 is 1.58 bits per heavy atom. The molecule has 24 heavy (non-hydrogen) atoms. The number of rotatable bonds is 1. The molecule has 4 rings (SSSR count). The third-order valence-corrected chi connectivity index (χ3v) is 6.47. The molecule has 0 saturated heterocycles. The van der Waals surface area contributed by atoms with Gasteiger partial charge in [0.1, 0.15) is 0 Å². The van der Waals surface area contributed by atoms with Gasteiger partial charge in [-0.25, -0.2) is 0 Å². The van der Waals surface area contributed by atoms with Gasteiger partial charge >= 0.3 is 0 Å². The molecular formula is C22H18I2. The molecule has 1 aliphatic rings. The van der Waals surface area contributed by atoms with E-state index < -0.39 is 0 Å². The number of fused-ring (bicyclic) bond motifs is 3. The second-order valence-electron chi connectivity index (χ2n) is 6.88. The van der Waals surface area contributed by atoms with E-state index in [1.54, 1.807) is 0 Å². The maximum atomic E-state index is 2.43. The summed E-state index contributed by atoms with van der Waals surface area (Å²) >= 11 is 4.85. The van der Waals surface area contributed by atoms with Crippen molar-refractivity contribution in [1.82, 2.24) is 0 Å². The summed E-state index contributed by atoms with van der Waals surface area (Å²) in [5.41, 5.74) is 9.57. The topological polar surface area (TPSA) is 0 Å². The molecule has 0 fully saturated rings. The molecule has 0 N–H and O–H groups in total. The summed E-state index contributed by atoms with van der Waals surface area (Å²) in [7, 11) is 0. The number of aryl methyl sites for hydroxylation is 2. The standard InChI is InChI=1S/C22H18I2/c1-13-8-14(2)10-15(9-13)22(3)20-11-16(23)4-6-18(20)19-7-5-17(24)12-21(19)22/h4-12H,1-3H3.